The van der Waals surface area contributed by atoms with Gasteiger partial charge in [0, 0.05) is 6.04 Å². The molecule has 0 aromatic rings. The van der Waals surface area contributed by atoms with Crippen LogP contribution in [-0.4, -0.2) is 30.6 Å². The van der Waals surface area contributed by atoms with Gasteiger partial charge >= 0.3 is 0 Å². The monoisotopic (exact) mass is 200 g/mol. The van der Waals surface area contributed by atoms with Crippen LogP contribution < -0.4 is 5.73 Å². The van der Waals surface area contributed by atoms with E-state index < -0.39 is 0 Å². The van der Waals surface area contributed by atoms with Crippen LogP contribution in [-0.2, 0) is 0 Å². The zero-order valence-electron chi connectivity index (χ0n) is 10.6. The summed E-state index contributed by atoms with van der Waals surface area (Å²) >= 11 is 0. The van der Waals surface area contributed by atoms with Crippen molar-refractivity contribution in [3.63, 3.8) is 0 Å². The first kappa shape index (κ1) is 13.9. The summed E-state index contributed by atoms with van der Waals surface area (Å²) in [6, 6.07) is 0.702. The van der Waals surface area contributed by atoms with E-state index in [1.807, 2.05) is 0 Å². The van der Waals surface area contributed by atoms with Crippen LogP contribution in [0.5, 0.6) is 0 Å². The second-order valence-electron chi connectivity index (χ2n) is 5.00. The topological polar surface area (TPSA) is 29.3 Å². The fourth-order valence-corrected chi connectivity index (χ4v) is 1.50. The number of hydrogen-bond donors (Lipinski definition) is 1. The van der Waals surface area contributed by atoms with E-state index >= 15 is 0 Å². The molecule has 0 aliphatic heterocycles. The van der Waals surface area contributed by atoms with Crippen LogP contribution in [0.15, 0.2) is 0 Å². The summed E-state index contributed by atoms with van der Waals surface area (Å²) in [7, 11) is 0. The van der Waals surface area contributed by atoms with Crippen molar-refractivity contribution in [2.45, 2.75) is 53.5 Å². The largest absolute Gasteiger partial charge is 0.330 e. The average Bonchev–Trinajstić information content (AvgIpc) is 2.18. The first-order chi connectivity index (χ1) is 6.46. The molecule has 2 heteroatoms. The molecule has 0 bridgehead atoms. The highest BCUT2D eigenvalue weighted by atomic mass is 15.1. The maximum atomic E-state index is 5.72. The molecule has 2 nitrogen and oxygen atoms in total. The van der Waals surface area contributed by atoms with Crippen LogP contribution in [0.3, 0.4) is 0 Å². The minimum atomic E-state index is 0.293. The third-order valence-electron chi connectivity index (χ3n) is 3.25. The van der Waals surface area contributed by atoms with Crippen LogP contribution >= 0.6 is 0 Å². The predicted molar refractivity (Wildman–Crippen MR) is 64.5 cm³/mol. The highest BCUT2D eigenvalue weighted by Gasteiger charge is 2.18. The van der Waals surface area contributed by atoms with Gasteiger partial charge in [0.05, 0.1) is 0 Å². The van der Waals surface area contributed by atoms with Crippen LogP contribution in [0.2, 0.25) is 0 Å². The molecule has 0 fully saturated rings. The Balaban J connectivity index is 3.95. The first-order valence-electron chi connectivity index (χ1n) is 5.91. The summed E-state index contributed by atoms with van der Waals surface area (Å²) < 4.78 is 0. The van der Waals surface area contributed by atoms with Gasteiger partial charge in [-0.3, -0.25) is 0 Å². The van der Waals surface area contributed by atoms with E-state index in [1.54, 1.807) is 0 Å². The number of hydrogen-bond acceptors (Lipinski definition) is 2. The molecule has 1 atom stereocenters. The van der Waals surface area contributed by atoms with E-state index in [0.717, 1.165) is 13.1 Å². The summed E-state index contributed by atoms with van der Waals surface area (Å²) in [6.07, 6.45) is 2.43. The Morgan fingerprint density at radius 1 is 1.29 bits per heavy atom. The lowest BCUT2D eigenvalue weighted by atomic mass is 9.89. The van der Waals surface area contributed by atoms with E-state index in [9.17, 15) is 0 Å². The number of nitrogens with two attached hydrogens (primary N) is 1. The van der Waals surface area contributed by atoms with Crippen molar-refractivity contribution in [1.29, 1.82) is 0 Å². The van der Waals surface area contributed by atoms with Gasteiger partial charge in [-0.15, -0.1) is 0 Å². The Morgan fingerprint density at radius 2 is 1.86 bits per heavy atom. The van der Waals surface area contributed by atoms with Gasteiger partial charge in [-0.2, -0.15) is 0 Å². The molecule has 0 aromatic heterocycles. The Morgan fingerprint density at radius 3 is 2.21 bits per heavy atom. The van der Waals surface area contributed by atoms with E-state index in [0.29, 0.717) is 11.5 Å². The molecule has 2 N–H and O–H groups in total. The lowest BCUT2D eigenvalue weighted by Gasteiger charge is -2.31. The lowest BCUT2D eigenvalue weighted by molar-refractivity contribution is 0.180. The van der Waals surface area contributed by atoms with Crippen LogP contribution in [0.4, 0.5) is 0 Å². The molecule has 0 aliphatic carbocycles. The maximum Gasteiger partial charge on any atom is 0.00641 e. The molecular weight excluding hydrogens is 172 g/mol. The van der Waals surface area contributed by atoms with Gasteiger partial charge in [-0.05, 0) is 44.8 Å². The van der Waals surface area contributed by atoms with Crippen LogP contribution in [0, 0.1) is 5.41 Å². The summed E-state index contributed by atoms with van der Waals surface area (Å²) in [5.74, 6) is 0. The molecule has 0 rings (SSSR count). The fourth-order valence-electron chi connectivity index (χ4n) is 1.50. The molecule has 0 saturated heterocycles. The predicted octanol–water partition coefficient (Wildman–Crippen LogP) is 2.48. The molecule has 86 valence electrons. The van der Waals surface area contributed by atoms with Gasteiger partial charge in [0.2, 0.25) is 0 Å². The van der Waals surface area contributed by atoms with Crippen molar-refractivity contribution < 1.29 is 0 Å². The standard InChI is InChI=1S/C12H28N2/c1-6-11(3)14(7-2)9-8-12(4,5)10-13/h11H,6-10,13H2,1-5H3. The lowest BCUT2D eigenvalue weighted by Crippen LogP contribution is -2.36. The fraction of sp³-hybridized carbons (Fsp3) is 1.00. The van der Waals surface area contributed by atoms with Crippen LogP contribution in [0.25, 0.3) is 0 Å². The minimum absolute atomic E-state index is 0.293. The van der Waals surface area contributed by atoms with E-state index in [2.05, 4.69) is 39.5 Å². The van der Waals surface area contributed by atoms with E-state index in [-0.39, 0.29) is 0 Å². The molecule has 1 unspecified atom stereocenters. The van der Waals surface area contributed by atoms with Gasteiger partial charge in [-0.1, -0.05) is 27.7 Å². The number of nitrogens with zero attached hydrogens (tertiary/aromatic N) is 1. The van der Waals surface area contributed by atoms with Gasteiger partial charge in [-0.25, -0.2) is 0 Å². The Bertz CT molecular complexity index is 143. The smallest absolute Gasteiger partial charge is 0.00641 e. The van der Waals surface area contributed by atoms with Gasteiger partial charge < -0.3 is 10.6 Å². The molecule has 0 spiro atoms. The van der Waals surface area contributed by atoms with Gasteiger partial charge in [0.15, 0.2) is 0 Å². The average molecular weight is 200 g/mol. The van der Waals surface area contributed by atoms with Crippen LogP contribution in [0.1, 0.15) is 47.5 Å². The highest BCUT2D eigenvalue weighted by Crippen LogP contribution is 2.19. The van der Waals surface area contributed by atoms with Crippen molar-refractivity contribution in [3.8, 4) is 0 Å². The summed E-state index contributed by atoms with van der Waals surface area (Å²) in [5.41, 5.74) is 6.02. The van der Waals surface area contributed by atoms with Gasteiger partial charge in [0.1, 0.15) is 0 Å². The third kappa shape index (κ3) is 4.97. The van der Waals surface area contributed by atoms with E-state index in [1.165, 1.54) is 19.4 Å². The summed E-state index contributed by atoms with van der Waals surface area (Å²) in [6.45, 7) is 14.4. The van der Waals surface area contributed by atoms with E-state index in [4.69, 9.17) is 5.73 Å². The van der Waals surface area contributed by atoms with Crippen molar-refractivity contribution >= 4 is 0 Å². The molecule has 0 saturated carbocycles. The summed E-state index contributed by atoms with van der Waals surface area (Å²) in [5, 5.41) is 0. The minimum Gasteiger partial charge on any atom is -0.330 e. The number of rotatable bonds is 7. The Hall–Kier alpha value is -0.0800. The van der Waals surface area contributed by atoms with Crippen molar-refractivity contribution in [1.82, 2.24) is 4.90 Å². The molecule has 0 heterocycles. The second-order valence-corrected chi connectivity index (χ2v) is 5.00. The maximum absolute atomic E-state index is 5.72. The Labute approximate surface area is 89.9 Å². The molecule has 0 aliphatic rings. The Kier molecular flexibility index (Phi) is 6.38. The first-order valence-corrected chi connectivity index (χ1v) is 5.91. The normalized spacial score (nSPS) is 14.8. The highest BCUT2D eigenvalue weighted by molar-refractivity contribution is 4.73. The van der Waals surface area contributed by atoms with Crippen molar-refractivity contribution in [2.24, 2.45) is 11.1 Å². The van der Waals surface area contributed by atoms with Crippen molar-refractivity contribution in [2.75, 3.05) is 19.6 Å². The zero-order valence-corrected chi connectivity index (χ0v) is 10.6. The molecular formula is C12H28N2. The molecule has 0 radical (unpaired) electrons. The second kappa shape index (κ2) is 6.41. The molecule has 0 aromatic carbocycles. The molecule has 14 heavy (non-hydrogen) atoms. The summed E-state index contributed by atoms with van der Waals surface area (Å²) in [4.78, 5) is 2.54. The third-order valence-corrected chi connectivity index (χ3v) is 3.25. The SMILES string of the molecule is CCC(C)N(CC)CCC(C)(C)CN. The quantitative estimate of drug-likeness (QED) is 0.684. The van der Waals surface area contributed by atoms with Gasteiger partial charge in [0.25, 0.3) is 0 Å². The van der Waals surface area contributed by atoms with Crippen molar-refractivity contribution in [3.05, 3.63) is 0 Å². The zero-order chi connectivity index (χ0) is 11.2. The molecule has 0 amide bonds.